The first-order valence-electron chi connectivity index (χ1n) is 6.62. The largest absolute Gasteiger partial charge is 0.493 e. The van der Waals surface area contributed by atoms with Crippen molar-refractivity contribution in [3.05, 3.63) is 35.9 Å². The molecule has 0 fully saturated rings. The van der Waals surface area contributed by atoms with E-state index in [9.17, 15) is 0 Å². The summed E-state index contributed by atoms with van der Waals surface area (Å²) in [6.45, 7) is 10.3. The Morgan fingerprint density at radius 1 is 1.22 bits per heavy atom. The standard InChI is InChI=1S/C16H25NO/c1-5-9-14-10-6-7-11-15(14)18-13-8-12-17-16(2,3)4/h5-7,9-11,17H,8,12-13H2,1-4H3/b9-5+. The maximum absolute atomic E-state index is 5.81. The number of nitrogens with one attached hydrogen (secondary N) is 1. The van der Waals surface area contributed by atoms with Crippen LogP contribution in [0.25, 0.3) is 6.08 Å². The van der Waals surface area contributed by atoms with Gasteiger partial charge in [0.15, 0.2) is 0 Å². The van der Waals surface area contributed by atoms with Gasteiger partial charge in [0, 0.05) is 11.1 Å². The molecule has 0 saturated heterocycles. The van der Waals surface area contributed by atoms with Gasteiger partial charge < -0.3 is 10.1 Å². The Bertz CT molecular complexity index is 377. The minimum absolute atomic E-state index is 0.183. The number of para-hydroxylation sites is 1. The van der Waals surface area contributed by atoms with E-state index in [2.05, 4.69) is 38.2 Å². The molecular formula is C16H25NO. The quantitative estimate of drug-likeness (QED) is 0.770. The normalized spacial score (nSPS) is 12.0. The number of rotatable bonds is 6. The van der Waals surface area contributed by atoms with E-state index >= 15 is 0 Å². The lowest BCUT2D eigenvalue weighted by molar-refractivity contribution is 0.297. The van der Waals surface area contributed by atoms with Crippen LogP contribution in [0.15, 0.2) is 30.3 Å². The fourth-order valence-corrected chi connectivity index (χ4v) is 1.65. The third kappa shape index (κ3) is 5.87. The molecule has 0 aromatic heterocycles. The number of benzene rings is 1. The lowest BCUT2D eigenvalue weighted by Crippen LogP contribution is -2.36. The summed E-state index contributed by atoms with van der Waals surface area (Å²) < 4.78 is 5.81. The van der Waals surface area contributed by atoms with E-state index in [0.29, 0.717) is 0 Å². The van der Waals surface area contributed by atoms with Gasteiger partial charge in [0.2, 0.25) is 0 Å². The van der Waals surface area contributed by atoms with Crippen molar-refractivity contribution < 1.29 is 4.74 Å². The molecule has 2 heteroatoms. The van der Waals surface area contributed by atoms with Crippen LogP contribution in [0.2, 0.25) is 0 Å². The fourth-order valence-electron chi connectivity index (χ4n) is 1.65. The molecule has 0 bridgehead atoms. The molecule has 1 N–H and O–H groups in total. The van der Waals surface area contributed by atoms with Crippen LogP contribution in [0.5, 0.6) is 5.75 Å². The lowest BCUT2D eigenvalue weighted by atomic mass is 10.1. The molecule has 1 aromatic carbocycles. The monoisotopic (exact) mass is 247 g/mol. The highest BCUT2D eigenvalue weighted by molar-refractivity contribution is 5.56. The van der Waals surface area contributed by atoms with Gasteiger partial charge in [0.1, 0.15) is 5.75 Å². The highest BCUT2D eigenvalue weighted by atomic mass is 16.5. The maximum Gasteiger partial charge on any atom is 0.126 e. The van der Waals surface area contributed by atoms with E-state index in [1.54, 1.807) is 0 Å². The third-order valence-electron chi connectivity index (χ3n) is 2.50. The summed E-state index contributed by atoms with van der Waals surface area (Å²) in [5.41, 5.74) is 1.33. The summed E-state index contributed by atoms with van der Waals surface area (Å²) in [6, 6.07) is 8.13. The highest BCUT2D eigenvalue weighted by Gasteiger charge is 2.07. The zero-order valence-electron chi connectivity index (χ0n) is 12.0. The Morgan fingerprint density at radius 3 is 2.61 bits per heavy atom. The number of hydrogen-bond donors (Lipinski definition) is 1. The maximum atomic E-state index is 5.81. The van der Waals surface area contributed by atoms with Crippen LogP contribution in [0.1, 0.15) is 39.7 Å². The zero-order valence-corrected chi connectivity index (χ0v) is 12.0. The molecule has 0 aliphatic heterocycles. The van der Waals surface area contributed by atoms with Crippen LogP contribution < -0.4 is 10.1 Å². The van der Waals surface area contributed by atoms with Gasteiger partial charge in [-0.25, -0.2) is 0 Å². The SMILES string of the molecule is C/C=C/c1ccccc1OCCCNC(C)(C)C. The zero-order chi connectivity index (χ0) is 13.4. The van der Waals surface area contributed by atoms with Crippen molar-refractivity contribution in [3.63, 3.8) is 0 Å². The molecule has 0 heterocycles. The molecule has 1 rings (SSSR count). The smallest absolute Gasteiger partial charge is 0.126 e. The van der Waals surface area contributed by atoms with Crippen LogP contribution in [0.4, 0.5) is 0 Å². The molecule has 0 unspecified atom stereocenters. The molecule has 18 heavy (non-hydrogen) atoms. The Kier molecular flexibility index (Phi) is 5.93. The molecule has 1 aromatic rings. The molecule has 0 amide bonds. The van der Waals surface area contributed by atoms with Gasteiger partial charge in [-0.05, 0) is 46.7 Å². The van der Waals surface area contributed by atoms with Crippen molar-refractivity contribution in [2.45, 2.75) is 39.7 Å². The summed E-state index contributed by atoms with van der Waals surface area (Å²) in [5, 5.41) is 3.45. The summed E-state index contributed by atoms with van der Waals surface area (Å²) in [4.78, 5) is 0. The van der Waals surface area contributed by atoms with Gasteiger partial charge in [-0.15, -0.1) is 0 Å². The van der Waals surface area contributed by atoms with E-state index < -0.39 is 0 Å². The Balaban J connectivity index is 2.35. The van der Waals surface area contributed by atoms with E-state index in [4.69, 9.17) is 4.74 Å². The van der Waals surface area contributed by atoms with E-state index in [-0.39, 0.29) is 5.54 Å². The Hall–Kier alpha value is -1.28. The second kappa shape index (κ2) is 7.22. The topological polar surface area (TPSA) is 21.3 Å². The number of allylic oxidation sites excluding steroid dienone is 1. The molecule has 0 aliphatic carbocycles. The van der Waals surface area contributed by atoms with Gasteiger partial charge in [0.25, 0.3) is 0 Å². The third-order valence-corrected chi connectivity index (χ3v) is 2.50. The Labute approximate surface area is 111 Å². The van der Waals surface area contributed by atoms with Gasteiger partial charge in [-0.3, -0.25) is 0 Å². The van der Waals surface area contributed by atoms with Crippen LogP contribution in [0.3, 0.4) is 0 Å². The predicted molar refractivity (Wildman–Crippen MR) is 79.0 cm³/mol. The summed E-state index contributed by atoms with van der Waals surface area (Å²) in [5.74, 6) is 0.964. The number of ether oxygens (including phenoxy) is 1. The fraction of sp³-hybridized carbons (Fsp3) is 0.500. The molecule has 2 nitrogen and oxygen atoms in total. The van der Waals surface area contributed by atoms with Crippen LogP contribution >= 0.6 is 0 Å². The first-order chi connectivity index (χ1) is 8.53. The highest BCUT2D eigenvalue weighted by Crippen LogP contribution is 2.19. The minimum atomic E-state index is 0.183. The van der Waals surface area contributed by atoms with Crippen molar-refractivity contribution in [1.29, 1.82) is 0 Å². The van der Waals surface area contributed by atoms with Crippen LogP contribution in [0, 0.1) is 0 Å². The minimum Gasteiger partial charge on any atom is -0.493 e. The molecule has 0 saturated carbocycles. The molecule has 0 atom stereocenters. The molecule has 0 radical (unpaired) electrons. The lowest BCUT2D eigenvalue weighted by Gasteiger charge is -2.20. The van der Waals surface area contributed by atoms with Gasteiger partial charge in [-0.1, -0.05) is 30.4 Å². The molecular weight excluding hydrogens is 222 g/mol. The second-order valence-electron chi connectivity index (χ2n) is 5.42. The average molecular weight is 247 g/mol. The molecule has 0 spiro atoms. The van der Waals surface area contributed by atoms with Crippen molar-refractivity contribution in [3.8, 4) is 5.75 Å². The van der Waals surface area contributed by atoms with Gasteiger partial charge in [0.05, 0.1) is 6.61 Å². The van der Waals surface area contributed by atoms with Crippen LogP contribution in [-0.4, -0.2) is 18.7 Å². The Morgan fingerprint density at radius 2 is 1.94 bits per heavy atom. The molecule has 100 valence electrons. The van der Waals surface area contributed by atoms with E-state index in [1.165, 1.54) is 0 Å². The van der Waals surface area contributed by atoms with Crippen molar-refractivity contribution in [2.24, 2.45) is 0 Å². The van der Waals surface area contributed by atoms with E-state index in [0.717, 1.165) is 30.9 Å². The van der Waals surface area contributed by atoms with Gasteiger partial charge >= 0.3 is 0 Å². The summed E-state index contributed by atoms with van der Waals surface area (Å²) in [6.07, 6.45) is 5.12. The first kappa shape index (κ1) is 14.8. The van der Waals surface area contributed by atoms with E-state index in [1.807, 2.05) is 31.2 Å². The van der Waals surface area contributed by atoms with Crippen molar-refractivity contribution in [2.75, 3.05) is 13.2 Å². The second-order valence-corrected chi connectivity index (χ2v) is 5.42. The van der Waals surface area contributed by atoms with Crippen molar-refractivity contribution in [1.82, 2.24) is 5.32 Å². The summed E-state index contributed by atoms with van der Waals surface area (Å²) >= 11 is 0. The van der Waals surface area contributed by atoms with Crippen LogP contribution in [-0.2, 0) is 0 Å². The predicted octanol–water partition coefficient (Wildman–Crippen LogP) is 3.88. The molecule has 0 aliphatic rings. The average Bonchev–Trinajstić information content (AvgIpc) is 2.29. The number of hydrogen-bond acceptors (Lipinski definition) is 2. The van der Waals surface area contributed by atoms with Gasteiger partial charge in [-0.2, -0.15) is 0 Å². The van der Waals surface area contributed by atoms with Crippen molar-refractivity contribution >= 4 is 6.08 Å². The summed E-state index contributed by atoms with van der Waals surface area (Å²) in [7, 11) is 0. The first-order valence-corrected chi connectivity index (χ1v) is 6.62.